The molecule has 46 heavy (non-hydrogen) atoms. The summed E-state index contributed by atoms with van der Waals surface area (Å²) in [6.45, 7) is 16.3. The Morgan fingerprint density at radius 1 is 0.413 bits per heavy atom. The minimum Gasteiger partial charge on any atom is -0.481 e. The van der Waals surface area contributed by atoms with Gasteiger partial charge >= 0.3 is 5.97 Å². The second kappa shape index (κ2) is 31.7. The topological polar surface area (TPSA) is 37.3 Å². The monoisotopic (exact) mass is 649 g/mol. The zero-order valence-corrected chi connectivity index (χ0v) is 33.1. The first-order valence-electron chi connectivity index (χ1n) is 21.7. The summed E-state index contributed by atoms with van der Waals surface area (Å²) in [4.78, 5) is 14.2. The summed E-state index contributed by atoms with van der Waals surface area (Å²) in [5.74, 6) is 1.30. The average Bonchev–Trinajstić information content (AvgIpc) is 3.06. The van der Waals surface area contributed by atoms with Crippen LogP contribution in [0.5, 0.6) is 0 Å². The molecule has 0 aliphatic carbocycles. The Kier molecular flexibility index (Phi) is 31.4. The maximum absolute atomic E-state index is 14.2. The maximum Gasteiger partial charge on any atom is 0.310 e. The molecule has 2 nitrogen and oxygen atoms in total. The van der Waals surface area contributed by atoms with Gasteiger partial charge in [0.1, 0.15) is 0 Å². The number of carboxylic acid groups (broad SMARTS) is 1. The van der Waals surface area contributed by atoms with E-state index in [1.165, 1.54) is 161 Å². The second-order valence-electron chi connectivity index (χ2n) is 15.5. The Hall–Kier alpha value is -0.530. The van der Waals surface area contributed by atoms with Gasteiger partial charge in [0.2, 0.25) is 0 Å². The average molecular weight is 649 g/mol. The van der Waals surface area contributed by atoms with Crippen LogP contribution in [0.4, 0.5) is 0 Å². The molecule has 2 heteroatoms. The Morgan fingerprint density at radius 3 is 1.02 bits per heavy atom. The van der Waals surface area contributed by atoms with Gasteiger partial charge in [0.05, 0.1) is 5.41 Å². The molecule has 0 heterocycles. The smallest absolute Gasteiger partial charge is 0.310 e. The van der Waals surface area contributed by atoms with Crippen molar-refractivity contribution in [3.05, 3.63) is 0 Å². The minimum absolute atomic E-state index is 0.318. The third-order valence-electron chi connectivity index (χ3n) is 11.9. The van der Waals surface area contributed by atoms with Crippen LogP contribution in [0.25, 0.3) is 0 Å². The first-order valence-corrected chi connectivity index (χ1v) is 21.7. The standard InChI is InChI=1S/C44H88O2/c1-8-15-20-23-25-27-29-31-36-41(39(13-6)34-18-11-4)44(43(45)46,38-33-22-17-10-3)42(40(14-7)35-19-12-5)37-32-30-28-26-24-21-16-9-2/h39-42H,8-38H2,1-7H3,(H,45,46). The van der Waals surface area contributed by atoms with Gasteiger partial charge in [-0.3, -0.25) is 4.79 Å². The van der Waals surface area contributed by atoms with Crippen LogP contribution in [0, 0.1) is 29.1 Å². The fourth-order valence-electron chi connectivity index (χ4n) is 9.05. The highest BCUT2D eigenvalue weighted by Crippen LogP contribution is 2.54. The molecule has 0 rings (SSSR count). The first-order chi connectivity index (χ1) is 22.4. The molecule has 0 saturated carbocycles. The third-order valence-corrected chi connectivity index (χ3v) is 11.9. The lowest BCUT2D eigenvalue weighted by Crippen LogP contribution is -2.50. The number of hydrogen-bond donors (Lipinski definition) is 1. The van der Waals surface area contributed by atoms with Crippen molar-refractivity contribution >= 4 is 5.97 Å². The van der Waals surface area contributed by atoms with Crippen molar-refractivity contribution in [2.24, 2.45) is 29.1 Å². The molecule has 0 amide bonds. The fourth-order valence-corrected chi connectivity index (χ4v) is 9.05. The molecule has 4 atom stereocenters. The third kappa shape index (κ3) is 18.9. The molecule has 0 spiro atoms. The van der Waals surface area contributed by atoms with Gasteiger partial charge in [-0.25, -0.2) is 0 Å². The molecular weight excluding hydrogens is 560 g/mol. The normalized spacial score (nSPS) is 15.8. The SMILES string of the molecule is CCCCCCCCCCC(C(CC)CCCC)C(CCCCCC)(C(=O)O)C(CCCCCCCCCC)C(CC)CCCC. The molecule has 0 radical (unpaired) electrons. The van der Waals surface area contributed by atoms with Crippen molar-refractivity contribution in [1.82, 2.24) is 0 Å². The molecule has 0 saturated heterocycles. The molecule has 0 fully saturated rings. The number of carbonyl (C=O) groups is 1. The van der Waals surface area contributed by atoms with Gasteiger partial charge in [0, 0.05) is 0 Å². The number of aliphatic carboxylic acids is 1. The van der Waals surface area contributed by atoms with E-state index in [4.69, 9.17) is 0 Å². The first kappa shape index (κ1) is 45.5. The molecule has 0 aromatic carbocycles. The molecular formula is C44H88O2. The van der Waals surface area contributed by atoms with Gasteiger partial charge < -0.3 is 5.11 Å². The van der Waals surface area contributed by atoms with Crippen LogP contribution in [-0.4, -0.2) is 11.1 Å². The van der Waals surface area contributed by atoms with Gasteiger partial charge in [0.25, 0.3) is 0 Å². The van der Waals surface area contributed by atoms with E-state index in [2.05, 4.69) is 48.5 Å². The van der Waals surface area contributed by atoms with E-state index in [1.807, 2.05) is 0 Å². The fraction of sp³-hybridized carbons (Fsp3) is 0.977. The molecule has 0 aliphatic heterocycles. The van der Waals surface area contributed by atoms with Gasteiger partial charge in [-0.05, 0) is 42.9 Å². The number of unbranched alkanes of at least 4 members (excludes halogenated alkanes) is 19. The van der Waals surface area contributed by atoms with E-state index in [-0.39, 0.29) is 0 Å². The number of carboxylic acids is 1. The maximum atomic E-state index is 14.2. The Bertz CT molecular complexity index is 602. The summed E-state index contributed by atoms with van der Waals surface area (Å²) in [5, 5.41) is 11.7. The Balaban J connectivity index is 6.47. The highest BCUT2D eigenvalue weighted by atomic mass is 16.4. The van der Waals surface area contributed by atoms with Crippen LogP contribution in [-0.2, 0) is 4.79 Å². The number of rotatable bonds is 36. The largest absolute Gasteiger partial charge is 0.481 e. The highest BCUT2D eigenvalue weighted by molar-refractivity contribution is 5.75. The van der Waals surface area contributed by atoms with Crippen LogP contribution < -0.4 is 0 Å². The summed E-state index contributed by atoms with van der Waals surface area (Å²) in [6, 6.07) is 0. The highest BCUT2D eigenvalue weighted by Gasteiger charge is 2.54. The summed E-state index contributed by atoms with van der Waals surface area (Å²) >= 11 is 0. The van der Waals surface area contributed by atoms with Crippen molar-refractivity contribution in [2.75, 3.05) is 0 Å². The van der Waals surface area contributed by atoms with Crippen LogP contribution >= 0.6 is 0 Å². The van der Waals surface area contributed by atoms with Crippen molar-refractivity contribution < 1.29 is 9.90 Å². The lowest BCUT2D eigenvalue weighted by atomic mass is 9.53. The van der Waals surface area contributed by atoms with Crippen molar-refractivity contribution in [3.63, 3.8) is 0 Å². The van der Waals surface area contributed by atoms with Crippen molar-refractivity contribution in [3.8, 4) is 0 Å². The Labute approximate surface area is 291 Å². The van der Waals surface area contributed by atoms with E-state index in [1.54, 1.807) is 0 Å². The lowest BCUT2D eigenvalue weighted by molar-refractivity contribution is -0.165. The van der Waals surface area contributed by atoms with Gasteiger partial charge in [-0.15, -0.1) is 0 Å². The second-order valence-corrected chi connectivity index (χ2v) is 15.5. The van der Waals surface area contributed by atoms with Crippen LogP contribution in [0.1, 0.15) is 248 Å². The van der Waals surface area contributed by atoms with E-state index in [0.717, 1.165) is 38.5 Å². The van der Waals surface area contributed by atoms with Crippen LogP contribution in [0.2, 0.25) is 0 Å². The molecule has 4 unspecified atom stereocenters. The van der Waals surface area contributed by atoms with E-state index in [9.17, 15) is 9.90 Å². The summed E-state index contributed by atoms with van der Waals surface area (Å²) in [6.07, 6.45) is 38.8. The van der Waals surface area contributed by atoms with Gasteiger partial charge in [-0.1, -0.05) is 228 Å². The molecule has 0 aromatic rings. The van der Waals surface area contributed by atoms with E-state index < -0.39 is 11.4 Å². The Morgan fingerprint density at radius 2 is 0.717 bits per heavy atom. The van der Waals surface area contributed by atoms with E-state index in [0.29, 0.717) is 23.7 Å². The van der Waals surface area contributed by atoms with Crippen molar-refractivity contribution in [2.45, 2.75) is 248 Å². The van der Waals surface area contributed by atoms with Crippen LogP contribution in [0.15, 0.2) is 0 Å². The van der Waals surface area contributed by atoms with Crippen LogP contribution in [0.3, 0.4) is 0 Å². The van der Waals surface area contributed by atoms with Gasteiger partial charge in [-0.2, -0.15) is 0 Å². The predicted octanol–water partition coefficient (Wildman–Crippen LogP) is 15.8. The molecule has 0 aliphatic rings. The molecule has 1 N–H and O–H groups in total. The molecule has 276 valence electrons. The zero-order valence-electron chi connectivity index (χ0n) is 33.1. The van der Waals surface area contributed by atoms with Gasteiger partial charge in [0.15, 0.2) is 0 Å². The molecule has 0 aromatic heterocycles. The summed E-state index contributed by atoms with van der Waals surface area (Å²) < 4.78 is 0. The predicted molar refractivity (Wildman–Crippen MR) is 207 cm³/mol. The van der Waals surface area contributed by atoms with Crippen molar-refractivity contribution in [1.29, 1.82) is 0 Å². The zero-order chi connectivity index (χ0) is 34.3. The van der Waals surface area contributed by atoms with E-state index >= 15 is 0 Å². The summed E-state index contributed by atoms with van der Waals surface area (Å²) in [5.41, 5.74) is -0.571. The number of hydrogen-bond acceptors (Lipinski definition) is 1. The molecule has 0 bridgehead atoms. The minimum atomic E-state index is -0.571. The quantitative estimate of drug-likeness (QED) is 0.0686. The summed E-state index contributed by atoms with van der Waals surface area (Å²) in [7, 11) is 0. The lowest BCUT2D eigenvalue weighted by Gasteiger charge is -2.50.